The van der Waals surface area contributed by atoms with E-state index in [4.69, 9.17) is 0 Å². The van der Waals surface area contributed by atoms with Crippen LogP contribution in [0.25, 0.3) is 5.65 Å². The molecule has 0 saturated heterocycles. The van der Waals surface area contributed by atoms with Gasteiger partial charge in [-0.15, -0.1) is 0 Å². The molecule has 1 aliphatic rings. The Labute approximate surface area is 201 Å². The number of halogens is 1. The Hall–Kier alpha value is -4.51. The topological polar surface area (TPSA) is 88.4 Å². The molecule has 174 valence electrons. The maximum atomic E-state index is 13.5. The van der Waals surface area contributed by atoms with Crippen LogP contribution in [-0.2, 0) is 10.2 Å². The molecule has 1 aromatic carbocycles. The largest absolute Gasteiger partial charge is 0.344 e. The van der Waals surface area contributed by atoms with Crippen molar-refractivity contribution in [1.29, 1.82) is 0 Å². The molecule has 2 N–H and O–H groups in total. The molecule has 2 amide bonds. The monoisotopic (exact) mass is 467 g/mol. The quantitative estimate of drug-likeness (QED) is 0.446. The highest BCUT2D eigenvalue weighted by molar-refractivity contribution is 6.04. The van der Waals surface area contributed by atoms with E-state index in [2.05, 4.69) is 32.4 Å². The van der Waals surface area contributed by atoms with Gasteiger partial charge in [-0.2, -0.15) is 0 Å². The second kappa shape index (κ2) is 8.37. The highest BCUT2D eigenvalue weighted by Gasteiger charge is 2.39. The number of carbonyl (C=O) groups excluding carboxylic acids is 2. The van der Waals surface area contributed by atoms with Gasteiger partial charge in [0, 0.05) is 29.7 Å². The number of hydrogen-bond donors (Lipinski definition) is 2. The average molecular weight is 468 g/mol. The summed E-state index contributed by atoms with van der Waals surface area (Å²) in [7, 11) is 0. The summed E-state index contributed by atoms with van der Waals surface area (Å²) in [5, 5.41) is 5.68. The van der Waals surface area contributed by atoms with Crippen LogP contribution in [0.1, 0.15) is 59.6 Å². The molecule has 3 aromatic heterocycles. The van der Waals surface area contributed by atoms with Gasteiger partial charge in [-0.3, -0.25) is 14.0 Å². The number of hydrogen-bond acceptors (Lipinski definition) is 4. The van der Waals surface area contributed by atoms with Gasteiger partial charge in [-0.05, 0) is 56.7 Å². The zero-order valence-electron chi connectivity index (χ0n) is 19.4. The number of pyridine rings is 1. The fourth-order valence-electron chi connectivity index (χ4n) is 4.01. The van der Waals surface area contributed by atoms with Crippen molar-refractivity contribution in [2.24, 2.45) is 0 Å². The lowest BCUT2D eigenvalue weighted by molar-refractivity contribution is -0.119. The van der Waals surface area contributed by atoms with Crippen molar-refractivity contribution in [1.82, 2.24) is 19.7 Å². The third-order valence-electron chi connectivity index (χ3n) is 6.14. The molecule has 0 bridgehead atoms. The minimum absolute atomic E-state index is 0.0927. The number of aromatic nitrogens is 3. The fraction of sp³-hybridized carbons (Fsp3) is 0.185. The first kappa shape index (κ1) is 22.3. The molecule has 0 aliphatic carbocycles. The summed E-state index contributed by atoms with van der Waals surface area (Å²) in [6, 6.07) is 11.1. The summed E-state index contributed by atoms with van der Waals surface area (Å²) in [6.45, 7) is 5.49. The lowest BCUT2D eigenvalue weighted by atomic mass is 9.86. The first-order valence-corrected chi connectivity index (χ1v) is 11.1. The van der Waals surface area contributed by atoms with Crippen LogP contribution < -0.4 is 10.6 Å². The van der Waals surface area contributed by atoms with E-state index < -0.39 is 5.41 Å². The van der Waals surface area contributed by atoms with Gasteiger partial charge in [0.15, 0.2) is 0 Å². The van der Waals surface area contributed by atoms with E-state index in [9.17, 15) is 14.0 Å². The second-order valence-corrected chi connectivity index (χ2v) is 8.99. The number of nitrogens with one attached hydrogen (secondary N) is 2. The molecule has 7 nitrogen and oxygen atoms in total. The maximum absolute atomic E-state index is 13.5. The van der Waals surface area contributed by atoms with Gasteiger partial charge in [0.1, 0.15) is 23.0 Å². The van der Waals surface area contributed by atoms with E-state index in [1.54, 1.807) is 54.2 Å². The molecule has 8 heteroatoms. The Kier molecular flexibility index (Phi) is 5.33. The van der Waals surface area contributed by atoms with Crippen molar-refractivity contribution in [3.05, 3.63) is 94.8 Å². The van der Waals surface area contributed by atoms with Crippen LogP contribution in [-0.4, -0.2) is 26.2 Å². The number of rotatable bonds is 3. The van der Waals surface area contributed by atoms with E-state index in [1.165, 1.54) is 12.1 Å². The molecule has 0 saturated carbocycles. The first-order chi connectivity index (χ1) is 16.7. The lowest BCUT2D eigenvalue weighted by Crippen LogP contribution is -2.27. The van der Waals surface area contributed by atoms with E-state index in [0.717, 1.165) is 5.56 Å². The normalized spacial score (nSPS) is 14.6. The van der Waals surface area contributed by atoms with Gasteiger partial charge in [0.2, 0.25) is 5.91 Å². The molecule has 0 spiro atoms. The molecule has 0 unspecified atom stereocenters. The fourth-order valence-corrected chi connectivity index (χ4v) is 4.01. The van der Waals surface area contributed by atoms with Crippen molar-refractivity contribution in [3.63, 3.8) is 0 Å². The Morgan fingerprint density at radius 2 is 1.89 bits per heavy atom. The Bertz CT molecular complexity index is 1560. The summed E-state index contributed by atoms with van der Waals surface area (Å²) in [4.78, 5) is 33.8. The summed E-state index contributed by atoms with van der Waals surface area (Å²) >= 11 is 0. The highest BCUT2D eigenvalue weighted by atomic mass is 19.1. The van der Waals surface area contributed by atoms with E-state index in [0.29, 0.717) is 33.8 Å². The number of benzene rings is 1. The molecule has 4 heterocycles. The van der Waals surface area contributed by atoms with Crippen LogP contribution in [0.3, 0.4) is 0 Å². The summed E-state index contributed by atoms with van der Waals surface area (Å²) in [6.07, 6.45) is 4.99. The molecule has 4 aromatic rings. The van der Waals surface area contributed by atoms with Crippen LogP contribution >= 0.6 is 0 Å². The Morgan fingerprint density at radius 1 is 1.11 bits per heavy atom. The summed E-state index contributed by atoms with van der Waals surface area (Å²) in [5.41, 5.74) is 3.08. The Morgan fingerprint density at radius 3 is 2.69 bits per heavy atom. The standard InChI is InChI=1S/C27H22FN5O2/c1-16(19-5-4-6-20(28)12-19)31-25(34)22-9-10-23-29-14-18(15-33(22)23)8-7-17-11-21-24(30-13-17)32-26(35)27(21,2)3/h4-6,9-16H,1-3H3,(H,31,34)(H,30,32,35)/t16-/m0/s1. The van der Waals surface area contributed by atoms with Gasteiger partial charge in [-0.1, -0.05) is 24.0 Å². The molecule has 0 radical (unpaired) electrons. The SMILES string of the molecule is C[C@H](NC(=O)c1ccc2ncc(C#Cc3cnc4c(c3)C(C)(C)C(=O)N4)cn12)c1cccc(F)c1. The maximum Gasteiger partial charge on any atom is 0.268 e. The number of nitrogens with zero attached hydrogens (tertiary/aromatic N) is 3. The molecular weight excluding hydrogens is 445 g/mol. The number of amides is 2. The van der Waals surface area contributed by atoms with Crippen molar-refractivity contribution < 1.29 is 14.0 Å². The van der Waals surface area contributed by atoms with Crippen LogP contribution in [0.2, 0.25) is 0 Å². The van der Waals surface area contributed by atoms with Crippen LogP contribution in [0.5, 0.6) is 0 Å². The van der Waals surface area contributed by atoms with Crippen molar-refractivity contribution in [2.45, 2.75) is 32.2 Å². The van der Waals surface area contributed by atoms with Crippen LogP contribution in [0.15, 0.2) is 61.1 Å². The van der Waals surface area contributed by atoms with Gasteiger partial charge in [-0.25, -0.2) is 14.4 Å². The molecular formula is C27H22FN5O2. The van der Waals surface area contributed by atoms with E-state index in [-0.39, 0.29) is 23.7 Å². The number of anilines is 1. The van der Waals surface area contributed by atoms with Crippen LogP contribution in [0.4, 0.5) is 10.2 Å². The predicted octanol–water partition coefficient (Wildman–Crippen LogP) is 3.99. The first-order valence-electron chi connectivity index (χ1n) is 11.1. The lowest BCUT2D eigenvalue weighted by Gasteiger charge is -2.14. The van der Waals surface area contributed by atoms with E-state index >= 15 is 0 Å². The van der Waals surface area contributed by atoms with Gasteiger partial charge in [0.25, 0.3) is 5.91 Å². The molecule has 5 rings (SSSR count). The third kappa shape index (κ3) is 4.13. The van der Waals surface area contributed by atoms with E-state index in [1.807, 2.05) is 19.9 Å². The van der Waals surface area contributed by atoms with Crippen molar-refractivity contribution in [2.75, 3.05) is 5.32 Å². The van der Waals surface area contributed by atoms with Gasteiger partial charge in [0.05, 0.1) is 17.0 Å². The predicted molar refractivity (Wildman–Crippen MR) is 129 cm³/mol. The number of carbonyl (C=O) groups is 2. The van der Waals surface area contributed by atoms with Gasteiger partial charge >= 0.3 is 0 Å². The minimum Gasteiger partial charge on any atom is -0.344 e. The average Bonchev–Trinajstić information content (AvgIpc) is 3.35. The van der Waals surface area contributed by atoms with Crippen molar-refractivity contribution in [3.8, 4) is 11.8 Å². The smallest absolute Gasteiger partial charge is 0.268 e. The zero-order valence-corrected chi connectivity index (χ0v) is 19.4. The van der Waals surface area contributed by atoms with Gasteiger partial charge < -0.3 is 10.6 Å². The highest BCUT2D eigenvalue weighted by Crippen LogP contribution is 2.36. The molecule has 1 atom stereocenters. The summed E-state index contributed by atoms with van der Waals surface area (Å²) in [5.74, 6) is 5.93. The summed E-state index contributed by atoms with van der Waals surface area (Å²) < 4.78 is 15.2. The zero-order chi connectivity index (χ0) is 24.7. The second-order valence-electron chi connectivity index (χ2n) is 8.99. The molecule has 1 aliphatic heterocycles. The molecule has 0 fully saturated rings. The minimum atomic E-state index is -0.670. The Balaban J connectivity index is 1.40. The van der Waals surface area contributed by atoms with Crippen LogP contribution in [0, 0.1) is 17.7 Å². The number of fused-ring (bicyclic) bond motifs is 2. The van der Waals surface area contributed by atoms with Crippen molar-refractivity contribution >= 4 is 23.3 Å². The third-order valence-corrected chi connectivity index (χ3v) is 6.14. The molecule has 35 heavy (non-hydrogen) atoms.